The van der Waals surface area contributed by atoms with Gasteiger partial charge in [0.2, 0.25) is 12.7 Å². The van der Waals surface area contributed by atoms with Crippen LogP contribution in [0.4, 0.5) is 17.1 Å². The molecular weight excluding hydrogens is 588 g/mol. The molecule has 0 bridgehead atoms. The number of amides is 3. The standard InChI is InChI=1S/C35H34N4O5S/c1-4-32(35(42)37-26-15-18-30-31(21-26)44-22-43-30)45-28-12-8-11-25(20-28)36-34(41)29(38-33(40)24-9-6-5-7-10-24)19-23-13-16-27(17-14-23)39(2)3/h5-21,32H,4,22H2,1-3H3,(H,36,41)(H,37,42)(H,38,40)/b29-19+. The first kappa shape index (κ1) is 31.2. The maximum absolute atomic E-state index is 13.5. The molecule has 4 aromatic carbocycles. The summed E-state index contributed by atoms with van der Waals surface area (Å²) in [6, 6.07) is 28.9. The molecule has 0 saturated carbocycles. The Morgan fingerprint density at radius 1 is 0.844 bits per heavy atom. The van der Waals surface area contributed by atoms with Crippen LogP contribution in [0, 0.1) is 0 Å². The summed E-state index contributed by atoms with van der Waals surface area (Å²) in [5.41, 5.74) is 3.44. The molecule has 5 rings (SSSR count). The summed E-state index contributed by atoms with van der Waals surface area (Å²) < 4.78 is 10.8. The number of nitrogens with zero attached hydrogens (tertiary/aromatic N) is 1. The summed E-state index contributed by atoms with van der Waals surface area (Å²) in [5.74, 6) is 0.213. The summed E-state index contributed by atoms with van der Waals surface area (Å²) in [7, 11) is 3.90. The van der Waals surface area contributed by atoms with Crippen molar-refractivity contribution in [1.29, 1.82) is 0 Å². The van der Waals surface area contributed by atoms with Crippen LogP contribution >= 0.6 is 11.8 Å². The molecule has 9 nitrogen and oxygen atoms in total. The van der Waals surface area contributed by atoms with E-state index < -0.39 is 11.8 Å². The molecule has 1 aliphatic rings. The zero-order chi connectivity index (χ0) is 31.8. The Balaban J connectivity index is 1.30. The minimum absolute atomic E-state index is 0.0917. The summed E-state index contributed by atoms with van der Waals surface area (Å²) in [5, 5.41) is 8.25. The SMILES string of the molecule is CCC(Sc1cccc(NC(=O)/C(=C\c2ccc(N(C)C)cc2)NC(=O)c2ccccc2)c1)C(=O)Nc1ccc2c(c1)OCO2. The van der Waals surface area contributed by atoms with Crippen molar-refractivity contribution in [3.8, 4) is 11.5 Å². The summed E-state index contributed by atoms with van der Waals surface area (Å²) in [4.78, 5) is 42.5. The molecule has 1 unspecified atom stereocenters. The van der Waals surface area contributed by atoms with Crippen LogP contribution in [0.25, 0.3) is 6.08 Å². The second-order valence-corrected chi connectivity index (χ2v) is 11.7. The molecule has 10 heteroatoms. The fraction of sp³-hybridized carbons (Fsp3) is 0.171. The molecule has 3 amide bonds. The van der Waals surface area contributed by atoms with Gasteiger partial charge in [0.25, 0.3) is 11.8 Å². The number of carbonyl (C=O) groups is 3. The molecule has 1 aliphatic heterocycles. The van der Waals surface area contributed by atoms with E-state index in [0.717, 1.165) is 16.1 Å². The molecule has 3 N–H and O–H groups in total. The molecule has 1 heterocycles. The molecule has 0 aromatic heterocycles. The van der Waals surface area contributed by atoms with Gasteiger partial charge in [-0.2, -0.15) is 0 Å². The Labute approximate surface area is 266 Å². The third kappa shape index (κ3) is 8.24. The van der Waals surface area contributed by atoms with Crippen LogP contribution in [-0.2, 0) is 9.59 Å². The summed E-state index contributed by atoms with van der Waals surface area (Å²) >= 11 is 1.40. The number of anilines is 3. The second kappa shape index (κ2) is 14.5. The van der Waals surface area contributed by atoms with Crippen molar-refractivity contribution in [2.75, 3.05) is 36.4 Å². The van der Waals surface area contributed by atoms with Gasteiger partial charge in [-0.1, -0.05) is 43.3 Å². The first-order chi connectivity index (χ1) is 21.8. The number of thioether (sulfide) groups is 1. The molecule has 0 aliphatic carbocycles. The van der Waals surface area contributed by atoms with Crippen molar-refractivity contribution in [2.24, 2.45) is 0 Å². The van der Waals surface area contributed by atoms with Crippen molar-refractivity contribution in [2.45, 2.75) is 23.5 Å². The van der Waals surface area contributed by atoms with E-state index >= 15 is 0 Å². The highest BCUT2D eigenvalue weighted by molar-refractivity contribution is 8.00. The second-order valence-electron chi connectivity index (χ2n) is 10.4. The Morgan fingerprint density at radius 3 is 2.31 bits per heavy atom. The van der Waals surface area contributed by atoms with Crippen molar-refractivity contribution in [3.05, 3.63) is 114 Å². The predicted molar refractivity (Wildman–Crippen MR) is 179 cm³/mol. The van der Waals surface area contributed by atoms with E-state index in [0.29, 0.717) is 34.9 Å². The maximum Gasteiger partial charge on any atom is 0.272 e. The average Bonchev–Trinajstić information content (AvgIpc) is 3.52. The van der Waals surface area contributed by atoms with E-state index in [1.807, 2.05) is 74.4 Å². The molecule has 230 valence electrons. The van der Waals surface area contributed by atoms with Crippen LogP contribution in [0.5, 0.6) is 11.5 Å². The quantitative estimate of drug-likeness (QED) is 0.131. The minimum atomic E-state index is -0.481. The van der Waals surface area contributed by atoms with Crippen LogP contribution in [0.2, 0.25) is 0 Å². The number of benzene rings is 4. The number of carbonyl (C=O) groups excluding carboxylic acids is 3. The number of ether oxygens (including phenoxy) is 2. The molecular formula is C35H34N4O5S. The third-order valence-electron chi connectivity index (χ3n) is 6.92. The predicted octanol–water partition coefficient (Wildman–Crippen LogP) is 6.40. The Morgan fingerprint density at radius 2 is 1.58 bits per heavy atom. The zero-order valence-electron chi connectivity index (χ0n) is 25.2. The van der Waals surface area contributed by atoms with Gasteiger partial charge in [-0.05, 0) is 72.7 Å². The van der Waals surface area contributed by atoms with Crippen molar-refractivity contribution >= 4 is 52.6 Å². The molecule has 0 radical (unpaired) electrons. The number of nitrogens with one attached hydrogen (secondary N) is 3. The Bertz CT molecular complexity index is 1710. The fourth-order valence-electron chi connectivity index (χ4n) is 4.51. The lowest BCUT2D eigenvalue weighted by atomic mass is 10.1. The van der Waals surface area contributed by atoms with Gasteiger partial charge in [0.15, 0.2) is 11.5 Å². The van der Waals surface area contributed by atoms with Gasteiger partial charge < -0.3 is 30.3 Å². The van der Waals surface area contributed by atoms with Crippen LogP contribution in [0.3, 0.4) is 0 Å². The topological polar surface area (TPSA) is 109 Å². The highest BCUT2D eigenvalue weighted by atomic mass is 32.2. The molecule has 0 fully saturated rings. The van der Waals surface area contributed by atoms with Crippen molar-refractivity contribution in [3.63, 3.8) is 0 Å². The van der Waals surface area contributed by atoms with Gasteiger partial charge >= 0.3 is 0 Å². The van der Waals surface area contributed by atoms with Crippen LogP contribution in [0.15, 0.2) is 108 Å². The lowest BCUT2D eigenvalue weighted by Crippen LogP contribution is -2.30. The molecule has 0 saturated heterocycles. The van der Waals surface area contributed by atoms with Crippen molar-refractivity contribution < 1.29 is 23.9 Å². The van der Waals surface area contributed by atoms with E-state index in [9.17, 15) is 14.4 Å². The van der Waals surface area contributed by atoms with E-state index in [1.54, 1.807) is 54.6 Å². The molecule has 4 aromatic rings. The lowest BCUT2D eigenvalue weighted by molar-refractivity contribution is -0.116. The number of fused-ring (bicyclic) bond motifs is 1. The molecule has 0 spiro atoms. The monoisotopic (exact) mass is 622 g/mol. The van der Waals surface area contributed by atoms with Crippen LogP contribution < -0.4 is 30.3 Å². The zero-order valence-corrected chi connectivity index (χ0v) is 26.0. The smallest absolute Gasteiger partial charge is 0.272 e. The van der Waals surface area contributed by atoms with Gasteiger partial charge in [0, 0.05) is 47.7 Å². The van der Waals surface area contributed by atoms with Crippen LogP contribution in [0.1, 0.15) is 29.3 Å². The van der Waals surface area contributed by atoms with Crippen molar-refractivity contribution in [1.82, 2.24) is 5.32 Å². The van der Waals surface area contributed by atoms with Crippen LogP contribution in [-0.4, -0.2) is 43.9 Å². The highest BCUT2D eigenvalue weighted by Crippen LogP contribution is 2.35. The van der Waals surface area contributed by atoms with Gasteiger partial charge in [0.1, 0.15) is 5.70 Å². The first-order valence-corrected chi connectivity index (χ1v) is 15.3. The lowest BCUT2D eigenvalue weighted by Gasteiger charge is -2.16. The van der Waals surface area contributed by atoms with Gasteiger partial charge in [0.05, 0.1) is 5.25 Å². The number of hydrogen-bond donors (Lipinski definition) is 3. The largest absolute Gasteiger partial charge is 0.454 e. The maximum atomic E-state index is 13.5. The number of rotatable bonds is 11. The number of hydrogen-bond acceptors (Lipinski definition) is 7. The normalized spacial score (nSPS) is 12.6. The van der Waals surface area contributed by atoms with E-state index in [-0.39, 0.29) is 23.6 Å². The highest BCUT2D eigenvalue weighted by Gasteiger charge is 2.21. The summed E-state index contributed by atoms with van der Waals surface area (Å²) in [6.45, 7) is 2.10. The van der Waals surface area contributed by atoms with Gasteiger partial charge in [-0.3, -0.25) is 14.4 Å². The minimum Gasteiger partial charge on any atom is -0.454 e. The fourth-order valence-corrected chi connectivity index (χ4v) is 5.52. The van der Waals surface area contributed by atoms with E-state index in [1.165, 1.54) is 11.8 Å². The third-order valence-corrected chi connectivity index (χ3v) is 8.28. The van der Waals surface area contributed by atoms with E-state index in [2.05, 4.69) is 16.0 Å². The van der Waals surface area contributed by atoms with E-state index in [4.69, 9.17) is 9.47 Å². The first-order valence-electron chi connectivity index (χ1n) is 14.4. The van der Waals surface area contributed by atoms with Gasteiger partial charge in [-0.15, -0.1) is 11.8 Å². The summed E-state index contributed by atoms with van der Waals surface area (Å²) in [6.07, 6.45) is 2.23. The van der Waals surface area contributed by atoms with Gasteiger partial charge in [-0.25, -0.2) is 0 Å². The average molecular weight is 623 g/mol. The Hall–Kier alpha value is -5.22. The Kier molecular flexibility index (Phi) is 10.1. The molecule has 1 atom stereocenters. The molecule has 45 heavy (non-hydrogen) atoms.